The van der Waals surface area contributed by atoms with Crippen molar-refractivity contribution in [3.63, 3.8) is 0 Å². The SMILES string of the molecule is CSc1cc(C)nc(SC)c1NC(=O)CCCCCCCSc1nc2ccccc2o1. The van der Waals surface area contributed by atoms with Gasteiger partial charge in [-0.1, -0.05) is 43.2 Å². The molecule has 8 heteroatoms. The Bertz CT molecular complexity index is 949. The van der Waals surface area contributed by atoms with E-state index in [1.165, 1.54) is 0 Å². The minimum atomic E-state index is 0.0720. The highest BCUT2D eigenvalue weighted by Gasteiger charge is 2.13. The number of thioether (sulfide) groups is 3. The lowest BCUT2D eigenvalue weighted by molar-refractivity contribution is -0.116. The number of hydrogen-bond donors (Lipinski definition) is 1. The number of amides is 1. The number of oxazole rings is 1. The highest BCUT2D eigenvalue weighted by molar-refractivity contribution is 7.99. The monoisotopic (exact) mass is 475 g/mol. The van der Waals surface area contributed by atoms with Crippen LogP contribution < -0.4 is 5.32 Å². The summed E-state index contributed by atoms with van der Waals surface area (Å²) in [5, 5.41) is 4.72. The fourth-order valence-electron chi connectivity index (χ4n) is 3.23. The van der Waals surface area contributed by atoms with Gasteiger partial charge in [-0.05, 0) is 50.5 Å². The van der Waals surface area contributed by atoms with Crippen molar-refractivity contribution in [1.29, 1.82) is 0 Å². The van der Waals surface area contributed by atoms with Gasteiger partial charge >= 0.3 is 0 Å². The Balaban J connectivity index is 1.31. The number of carbonyl (C=O) groups excluding carboxylic acids is 1. The third-order valence-electron chi connectivity index (χ3n) is 4.80. The molecular weight excluding hydrogens is 446 g/mol. The van der Waals surface area contributed by atoms with Gasteiger partial charge in [-0.15, -0.1) is 23.5 Å². The second kappa shape index (κ2) is 12.4. The first-order valence-electron chi connectivity index (χ1n) is 10.5. The number of nitrogens with zero attached hydrogens (tertiary/aromatic N) is 2. The number of pyridine rings is 1. The van der Waals surface area contributed by atoms with Crippen molar-refractivity contribution in [3.05, 3.63) is 36.0 Å². The summed E-state index contributed by atoms with van der Waals surface area (Å²) < 4.78 is 5.73. The van der Waals surface area contributed by atoms with Crippen molar-refractivity contribution in [2.75, 3.05) is 23.6 Å². The fraction of sp³-hybridized carbons (Fsp3) is 0.435. The zero-order valence-corrected chi connectivity index (χ0v) is 20.7. The summed E-state index contributed by atoms with van der Waals surface area (Å²) in [5.41, 5.74) is 3.59. The molecule has 1 aromatic carbocycles. The number of unbranched alkanes of at least 4 members (excludes halogenated alkanes) is 4. The number of hydrogen-bond acceptors (Lipinski definition) is 7. The fourth-order valence-corrected chi connectivity index (χ4v) is 5.37. The molecule has 0 bridgehead atoms. The second-order valence-electron chi connectivity index (χ2n) is 7.21. The van der Waals surface area contributed by atoms with E-state index in [1.807, 2.05) is 49.8 Å². The largest absolute Gasteiger partial charge is 0.431 e. The molecule has 0 aliphatic carbocycles. The normalized spacial score (nSPS) is 11.2. The molecule has 2 aromatic heterocycles. The summed E-state index contributed by atoms with van der Waals surface area (Å²) >= 11 is 4.88. The number of benzene rings is 1. The van der Waals surface area contributed by atoms with E-state index in [-0.39, 0.29) is 5.91 Å². The number of anilines is 1. The quantitative estimate of drug-likeness (QED) is 0.222. The van der Waals surface area contributed by atoms with Crippen LogP contribution in [0, 0.1) is 6.92 Å². The second-order valence-corrected chi connectivity index (χ2v) is 9.90. The molecule has 2 heterocycles. The van der Waals surface area contributed by atoms with Crippen LogP contribution in [0.3, 0.4) is 0 Å². The predicted molar refractivity (Wildman–Crippen MR) is 134 cm³/mol. The highest BCUT2D eigenvalue weighted by atomic mass is 32.2. The summed E-state index contributed by atoms with van der Waals surface area (Å²) in [7, 11) is 0. The topological polar surface area (TPSA) is 68.0 Å². The van der Waals surface area contributed by atoms with E-state index in [0.29, 0.717) is 6.42 Å². The van der Waals surface area contributed by atoms with Crippen LogP contribution in [0.1, 0.15) is 44.2 Å². The van der Waals surface area contributed by atoms with Gasteiger partial charge in [0.2, 0.25) is 5.91 Å². The Hall–Kier alpha value is -1.64. The van der Waals surface area contributed by atoms with Crippen LogP contribution in [-0.2, 0) is 4.79 Å². The lowest BCUT2D eigenvalue weighted by Gasteiger charge is -2.14. The zero-order valence-electron chi connectivity index (χ0n) is 18.3. The Morgan fingerprint density at radius 2 is 1.81 bits per heavy atom. The molecule has 166 valence electrons. The first kappa shape index (κ1) is 24.0. The van der Waals surface area contributed by atoms with Crippen LogP contribution in [0.4, 0.5) is 5.69 Å². The number of carbonyl (C=O) groups is 1. The maximum absolute atomic E-state index is 12.4. The van der Waals surface area contributed by atoms with Gasteiger partial charge in [0.1, 0.15) is 10.5 Å². The molecule has 0 aliphatic rings. The summed E-state index contributed by atoms with van der Waals surface area (Å²) in [6, 6.07) is 9.88. The summed E-state index contributed by atoms with van der Waals surface area (Å²) in [6.45, 7) is 1.98. The van der Waals surface area contributed by atoms with E-state index in [1.54, 1.807) is 35.3 Å². The maximum Gasteiger partial charge on any atom is 0.256 e. The van der Waals surface area contributed by atoms with Gasteiger partial charge in [0.15, 0.2) is 5.58 Å². The lowest BCUT2D eigenvalue weighted by Crippen LogP contribution is -2.13. The van der Waals surface area contributed by atoms with Crippen LogP contribution in [-0.4, -0.2) is 34.1 Å². The van der Waals surface area contributed by atoms with Crippen molar-refractivity contribution < 1.29 is 9.21 Å². The van der Waals surface area contributed by atoms with Gasteiger partial charge in [-0.25, -0.2) is 9.97 Å². The van der Waals surface area contributed by atoms with E-state index < -0.39 is 0 Å². The van der Waals surface area contributed by atoms with Gasteiger partial charge < -0.3 is 9.73 Å². The van der Waals surface area contributed by atoms with E-state index in [9.17, 15) is 4.79 Å². The summed E-state index contributed by atoms with van der Waals surface area (Å²) in [6.07, 6.45) is 9.96. The van der Waals surface area contributed by atoms with Crippen LogP contribution in [0.15, 0.2) is 49.9 Å². The van der Waals surface area contributed by atoms with E-state index in [4.69, 9.17) is 4.42 Å². The molecule has 3 aromatic rings. The van der Waals surface area contributed by atoms with Crippen molar-refractivity contribution in [2.45, 2.75) is 60.6 Å². The number of nitrogens with one attached hydrogen (secondary N) is 1. The van der Waals surface area contributed by atoms with Crippen molar-refractivity contribution in [1.82, 2.24) is 9.97 Å². The smallest absolute Gasteiger partial charge is 0.256 e. The third-order valence-corrected chi connectivity index (χ3v) is 7.16. The Labute approximate surface area is 196 Å². The van der Waals surface area contributed by atoms with Crippen molar-refractivity contribution in [3.8, 4) is 0 Å². The minimum Gasteiger partial charge on any atom is -0.431 e. The minimum absolute atomic E-state index is 0.0720. The zero-order chi connectivity index (χ0) is 22.1. The van der Waals surface area contributed by atoms with Gasteiger partial charge in [-0.3, -0.25) is 4.79 Å². The van der Waals surface area contributed by atoms with Crippen LogP contribution in [0.25, 0.3) is 11.1 Å². The van der Waals surface area contributed by atoms with Crippen molar-refractivity contribution >= 4 is 58.0 Å². The van der Waals surface area contributed by atoms with E-state index in [0.717, 1.165) is 75.5 Å². The van der Waals surface area contributed by atoms with Crippen LogP contribution >= 0.6 is 35.3 Å². The number of aromatic nitrogens is 2. The number of fused-ring (bicyclic) bond motifs is 1. The Kier molecular flexibility index (Phi) is 9.61. The van der Waals surface area contributed by atoms with E-state index in [2.05, 4.69) is 15.3 Å². The first-order valence-corrected chi connectivity index (χ1v) is 13.9. The predicted octanol–water partition coefficient (Wildman–Crippen LogP) is 7.05. The van der Waals surface area contributed by atoms with Crippen LogP contribution in [0.5, 0.6) is 0 Å². The molecule has 0 saturated carbocycles. The average Bonchev–Trinajstić information content (AvgIpc) is 3.19. The molecule has 1 amide bonds. The van der Waals surface area contributed by atoms with Gasteiger partial charge in [0, 0.05) is 22.8 Å². The van der Waals surface area contributed by atoms with Crippen LogP contribution in [0.2, 0.25) is 0 Å². The molecule has 0 atom stereocenters. The Morgan fingerprint density at radius 3 is 2.58 bits per heavy atom. The molecule has 0 spiro atoms. The molecule has 0 aliphatic heterocycles. The molecule has 5 nitrogen and oxygen atoms in total. The molecule has 0 saturated heterocycles. The average molecular weight is 476 g/mol. The molecule has 31 heavy (non-hydrogen) atoms. The molecule has 0 unspecified atom stereocenters. The summed E-state index contributed by atoms with van der Waals surface area (Å²) in [5.74, 6) is 1.07. The molecule has 1 N–H and O–H groups in total. The number of aryl methyl sites for hydroxylation is 1. The number of rotatable bonds is 12. The van der Waals surface area contributed by atoms with Crippen molar-refractivity contribution in [2.24, 2.45) is 0 Å². The molecular formula is C23H29N3O2S3. The van der Waals surface area contributed by atoms with Gasteiger partial charge in [0.25, 0.3) is 5.22 Å². The highest BCUT2D eigenvalue weighted by Crippen LogP contribution is 2.33. The standard InChI is InChI=1S/C23H29N3O2S3/c1-16-15-19(29-2)21(22(24-16)30-3)26-20(27)13-7-5-4-6-10-14-31-23-25-17-11-8-9-12-18(17)28-23/h8-9,11-12,15H,4-7,10,13-14H2,1-3H3,(H,26,27). The lowest BCUT2D eigenvalue weighted by atomic mass is 10.1. The molecule has 0 fully saturated rings. The summed E-state index contributed by atoms with van der Waals surface area (Å²) in [4.78, 5) is 22.5. The number of para-hydroxylation sites is 2. The molecule has 3 rings (SSSR count). The van der Waals surface area contributed by atoms with E-state index >= 15 is 0 Å². The maximum atomic E-state index is 12.4. The van der Waals surface area contributed by atoms with Gasteiger partial charge in [0.05, 0.1) is 5.69 Å². The third kappa shape index (κ3) is 7.19. The first-order chi connectivity index (χ1) is 15.1. The Morgan fingerprint density at radius 1 is 1.03 bits per heavy atom. The van der Waals surface area contributed by atoms with Gasteiger partial charge in [-0.2, -0.15) is 0 Å². The molecule has 0 radical (unpaired) electrons.